The van der Waals surface area contributed by atoms with Crippen LogP contribution in [0.3, 0.4) is 0 Å². The van der Waals surface area contributed by atoms with Gasteiger partial charge in [-0.1, -0.05) is 43.6 Å². The molecule has 2 atom stereocenters. The molecular formula is C32H51BrN10O6S. The Kier molecular flexibility index (Phi) is 21.0. The van der Waals surface area contributed by atoms with E-state index in [0.29, 0.717) is 47.7 Å². The molecule has 4 rings (SSSR count). The number of ether oxygens (including phenoxy) is 2. The number of nitroso groups, excluding NO2 is 1. The first kappa shape index (κ1) is 44.3. The number of hydrogen-bond acceptors (Lipinski definition) is 14. The van der Waals surface area contributed by atoms with Gasteiger partial charge in [-0.3, -0.25) is 14.4 Å². The monoisotopic (exact) mass is 782 g/mol. The van der Waals surface area contributed by atoms with E-state index in [2.05, 4.69) is 40.5 Å². The summed E-state index contributed by atoms with van der Waals surface area (Å²) >= 11 is 4.17. The first-order chi connectivity index (χ1) is 23.9. The highest BCUT2D eigenvalue weighted by Gasteiger charge is 2.29. The third kappa shape index (κ3) is 15.9. The predicted octanol–water partition coefficient (Wildman–Crippen LogP) is 5.04. The van der Waals surface area contributed by atoms with E-state index in [0.717, 1.165) is 29.4 Å². The van der Waals surface area contributed by atoms with E-state index in [-0.39, 0.29) is 37.9 Å². The predicted molar refractivity (Wildman–Crippen MR) is 202 cm³/mol. The molecule has 1 amide bonds. The molecule has 0 saturated carbocycles. The Labute approximate surface area is 306 Å². The topological polar surface area (TPSA) is 220 Å². The summed E-state index contributed by atoms with van der Waals surface area (Å²) in [4.78, 5) is 41.1. The van der Waals surface area contributed by atoms with Crippen LogP contribution in [0.25, 0.3) is 11.2 Å². The molecule has 1 saturated heterocycles. The minimum absolute atomic E-state index is 0.0572. The molecule has 3 aromatic rings. The lowest BCUT2D eigenvalue weighted by atomic mass is 10.1. The van der Waals surface area contributed by atoms with Gasteiger partial charge in [0.05, 0.1) is 19.0 Å². The van der Waals surface area contributed by atoms with Crippen LogP contribution in [0.1, 0.15) is 67.0 Å². The molecule has 6 N–H and O–H groups in total. The number of amides is 1. The maximum absolute atomic E-state index is 11.8. The van der Waals surface area contributed by atoms with Crippen LogP contribution in [-0.4, -0.2) is 96.4 Å². The van der Waals surface area contributed by atoms with Crippen molar-refractivity contribution in [2.75, 3.05) is 39.0 Å². The van der Waals surface area contributed by atoms with Gasteiger partial charge in [-0.05, 0) is 57.4 Å². The van der Waals surface area contributed by atoms with Gasteiger partial charge in [-0.15, -0.1) is 4.91 Å². The highest BCUT2D eigenvalue weighted by molar-refractivity contribution is 9.10. The summed E-state index contributed by atoms with van der Waals surface area (Å²) in [6, 6.07) is 7.41. The van der Waals surface area contributed by atoms with Crippen LogP contribution in [0.5, 0.6) is 5.75 Å². The van der Waals surface area contributed by atoms with Gasteiger partial charge >= 0.3 is 0 Å². The average molecular weight is 784 g/mol. The number of nitrogen functional groups attached to an aromatic ring is 1. The second kappa shape index (κ2) is 23.7. The molecule has 1 aromatic carbocycles. The van der Waals surface area contributed by atoms with E-state index < -0.39 is 5.79 Å². The summed E-state index contributed by atoms with van der Waals surface area (Å²) in [5.41, 5.74) is 13.8. The molecule has 1 aliphatic rings. The molecule has 0 unspecified atom stereocenters. The quantitative estimate of drug-likeness (QED) is 0.0397. The van der Waals surface area contributed by atoms with Crippen molar-refractivity contribution < 1.29 is 24.5 Å². The summed E-state index contributed by atoms with van der Waals surface area (Å²) in [6.45, 7) is 11.9. The van der Waals surface area contributed by atoms with Gasteiger partial charge in [0.15, 0.2) is 17.3 Å². The van der Waals surface area contributed by atoms with Crippen molar-refractivity contribution in [3.63, 3.8) is 0 Å². The number of carbonyl (C=O) groups excluding carboxylic acids is 1. The number of rotatable bonds is 15. The Morgan fingerprint density at radius 3 is 2.42 bits per heavy atom. The number of anilines is 1. The first-order valence-electron chi connectivity index (χ1n) is 16.2. The van der Waals surface area contributed by atoms with Gasteiger partial charge in [-0.25, -0.2) is 19.3 Å². The van der Waals surface area contributed by atoms with Crippen molar-refractivity contribution in [2.45, 2.75) is 78.9 Å². The van der Waals surface area contributed by atoms with E-state index in [9.17, 15) is 9.70 Å². The van der Waals surface area contributed by atoms with Gasteiger partial charge in [0.25, 0.3) is 0 Å². The zero-order chi connectivity index (χ0) is 37.7. The van der Waals surface area contributed by atoms with Crippen LogP contribution in [0, 0.1) is 4.91 Å². The van der Waals surface area contributed by atoms with Gasteiger partial charge < -0.3 is 36.1 Å². The lowest BCUT2D eigenvalue weighted by Crippen LogP contribution is -2.31. The third-order valence-corrected chi connectivity index (χ3v) is 7.58. The number of halogens is 1. The number of nitrogens with two attached hydrogens (primary N) is 2. The second-order valence-electron chi connectivity index (χ2n) is 10.6. The zero-order valence-corrected chi connectivity index (χ0v) is 32.2. The summed E-state index contributed by atoms with van der Waals surface area (Å²) in [5.74, 6) is -0.249. The van der Waals surface area contributed by atoms with E-state index in [1.54, 1.807) is 23.9 Å². The summed E-state index contributed by atoms with van der Waals surface area (Å²) in [6.07, 6.45) is 7.30. The second-order valence-corrected chi connectivity index (χ2v) is 12.3. The van der Waals surface area contributed by atoms with Crippen molar-refractivity contribution in [1.82, 2.24) is 28.7 Å². The summed E-state index contributed by atoms with van der Waals surface area (Å²) in [5, 5.41) is 16.2. The van der Waals surface area contributed by atoms with Crippen LogP contribution in [0.2, 0.25) is 0 Å². The van der Waals surface area contributed by atoms with Gasteiger partial charge in [-0.2, -0.15) is 0 Å². The Hall–Kier alpha value is -3.68. The number of aromatic nitrogens is 4. The number of aliphatic imine (C=N–C) groups is 1. The van der Waals surface area contributed by atoms with E-state index >= 15 is 0 Å². The highest BCUT2D eigenvalue weighted by Crippen LogP contribution is 2.33. The minimum Gasteiger partial charge on any atom is -0.492 e. The molecule has 278 valence electrons. The van der Waals surface area contributed by atoms with Gasteiger partial charge in [0.1, 0.15) is 48.4 Å². The number of amidine groups is 1. The van der Waals surface area contributed by atoms with Gasteiger partial charge in [0.2, 0.25) is 6.41 Å². The molecule has 0 radical (unpaired) electrons. The minimum atomic E-state index is -1.50. The Bertz CT molecular complexity index is 1480. The van der Waals surface area contributed by atoms with E-state index in [1.165, 1.54) is 25.1 Å². The highest BCUT2D eigenvalue weighted by atomic mass is 79.9. The first-order valence-corrected chi connectivity index (χ1v) is 17.7. The molecular weight excluding hydrogens is 732 g/mol. The summed E-state index contributed by atoms with van der Waals surface area (Å²) < 4.78 is 19.6. The fourth-order valence-corrected chi connectivity index (χ4v) is 5.08. The molecule has 50 heavy (non-hydrogen) atoms. The normalized spacial score (nSPS) is 16.0. The molecule has 3 heterocycles. The number of carbonyl (C=O) groups is 1. The maximum atomic E-state index is 11.8. The fraction of sp³-hybridized carbons (Fsp3) is 0.531. The standard InChI is InChI=1S/C25H31BrN10O4S.C3H8O2.2C2H6/c1-29-23(27)17(12-34(16-37)10-11-39-19-4-2-18(26)3-5-19)13-35(41-33-38)9-8-20-6-7-21(40-20)36-15-32-22-24(28)30-14-31-25(22)36;1-3(2,4)5;2*1-2/h2-5,12,14-16,20-21H,6-11,13H2,1H3,(H2,27,29)(H2,28,30,31);4-5H,1-2H3;2*1-2H3/b17-12-;;;/t20-,21+;;;/m0.../s1. The van der Waals surface area contributed by atoms with Crippen LogP contribution in [0.15, 0.2) is 62.7 Å². The van der Waals surface area contributed by atoms with Crippen LogP contribution in [0.4, 0.5) is 5.82 Å². The molecule has 1 aliphatic heterocycles. The van der Waals surface area contributed by atoms with Crippen LogP contribution < -0.4 is 16.2 Å². The van der Waals surface area contributed by atoms with Crippen LogP contribution >= 0.6 is 28.1 Å². The molecule has 16 nitrogen and oxygen atoms in total. The number of imidazole rings is 1. The van der Waals surface area contributed by atoms with Crippen molar-refractivity contribution in [2.24, 2.45) is 15.3 Å². The smallest absolute Gasteiger partial charge is 0.213 e. The maximum Gasteiger partial charge on any atom is 0.213 e. The van der Waals surface area contributed by atoms with E-state index in [1.807, 2.05) is 56.5 Å². The van der Waals surface area contributed by atoms with Crippen molar-refractivity contribution >= 4 is 57.3 Å². The number of hydrogen-bond donors (Lipinski definition) is 4. The zero-order valence-electron chi connectivity index (χ0n) is 29.8. The SMILES string of the molecule is CC.CC.CC(C)(O)O.CN=C(N)/C(=C\N(C=O)CCOc1ccc(Br)cc1)CN(CC[C@@H]1CC[C@H](n2cnc3c(N)ncnc32)O1)SN=O. The summed E-state index contributed by atoms with van der Waals surface area (Å²) in [7, 11) is 1.56. The molecule has 0 spiro atoms. The number of nitrogens with zero attached hydrogens (tertiary/aromatic N) is 8. The third-order valence-electron chi connectivity index (χ3n) is 6.44. The lowest BCUT2D eigenvalue weighted by molar-refractivity contribution is -0.127. The molecule has 18 heteroatoms. The number of benzene rings is 1. The van der Waals surface area contributed by atoms with Crippen LogP contribution in [-0.2, 0) is 9.53 Å². The lowest BCUT2D eigenvalue weighted by Gasteiger charge is -2.22. The Balaban J connectivity index is 0.00000125. The molecule has 0 bridgehead atoms. The van der Waals surface area contributed by atoms with Crippen molar-refractivity contribution in [3.8, 4) is 5.75 Å². The number of aliphatic hydroxyl groups is 2. The number of fused-ring (bicyclic) bond motifs is 1. The largest absolute Gasteiger partial charge is 0.492 e. The molecule has 1 fully saturated rings. The van der Waals surface area contributed by atoms with Crippen molar-refractivity contribution in [1.29, 1.82) is 0 Å². The Morgan fingerprint density at radius 1 is 1.16 bits per heavy atom. The average Bonchev–Trinajstić information content (AvgIpc) is 3.76. The van der Waals surface area contributed by atoms with Crippen molar-refractivity contribution in [3.05, 3.63) is 58.1 Å². The molecule has 2 aromatic heterocycles. The Morgan fingerprint density at radius 2 is 1.82 bits per heavy atom. The van der Waals surface area contributed by atoms with Gasteiger partial charge in [0, 0.05) is 41.0 Å². The molecule has 0 aliphatic carbocycles. The fourth-order valence-electron chi connectivity index (χ4n) is 4.34. The van der Waals surface area contributed by atoms with E-state index in [4.69, 9.17) is 31.2 Å².